The van der Waals surface area contributed by atoms with E-state index < -0.39 is 48.7 Å². The van der Waals surface area contributed by atoms with Gasteiger partial charge in [-0.15, -0.1) is 0 Å². The van der Waals surface area contributed by atoms with Gasteiger partial charge in [0.05, 0.1) is 19.6 Å². The van der Waals surface area contributed by atoms with Crippen molar-refractivity contribution in [2.24, 2.45) is 11.7 Å². The third-order valence-electron chi connectivity index (χ3n) is 2.85. The van der Waals surface area contributed by atoms with Crippen LogP contribution in [0.5, 0.6) is 0 Å². The van der Waals surface area contributed by atoms with Gasteiger partial charge in [-0.25, -0.2) is 0 Å². The van der Waals surface area contributed by atoms with Crippen LogP contribution in [0.25, 0.3) is 0 Å². The number of carbonyl (C=O) groups is 5. The smallest absolute Gasteiger partial charge is 0.322 e. The highest BCUT2D eigenvalue weighted by Gasteiger charge is 2.22. The van der Waals surface area contributed by atoms with Crippen molar-refractivity contribution in [3.63, 3.8) is 0 Å². The average Bonchev–Trinajstić information content (AvgIpc) is 2.54. The van der Waals surface area contributed by atoms with Crippen LogP contribution in [0, 0.1) is 5.92 Å². The maximum Gasteiger partial charge on any atom is 0.322 e. The molecule has 0 spiro atoms. The number of amides is 4. The fourth-order valence-corrected chi connectivity index (χ4v) is 1.73. The molecule has 0 aliphatic rings. The molecule has 0 rings (SSSR count). The third kappa shape index (κ3) is 11.5. The molecule has 0 aromatic rings. The molecular formula is C14H25N5O6. The van der Waals surface area contributed by atoms with E-state index in [0.717, 1.165) is 0 Å². The SMILES string of the molecule is CC(C)C[C@H](NC(=O)CNC(=O)CN)C(=O)NCC(=O)NCC(=O)O. The number of nitrogens with one attached hydrogen (secondary N) is 4. The largest absolute Gasteiger partial charge is 0.480 e. The van der Waals surface area contributed by atoms with E-state index in [1.54, 1.807) is 0 Å². The molecule has 0 fully saturated rings. The van der Waals surface area contributed by atoms with Crippen LogP contribution in [0.1, 0.15) is 20.3 Å². The Morgan fingerprint density at radius 1 is 0.880 bits per heavy atom. The van der Waals surface area contributed by atoms with Gasteiger partial charge < -0.3 is 32.1 Å². The number of aliphatic carboxylic acids is 1. The summed E-state index contributed by atoms with van der Waals surface area (Å²) in [6.07, 6.45) is 0.319. The number of hydrogen-bond donors (Lipinski definition) is 6. The summed E-state index contributed by atoms with van der Waals surface area (Å²) in [6, 6.07) is -0.894. The number of rotatable bonds is 11. The molecule has 0 aliphatic carbocycles. The summed E-state index contributed by atoms with van der Waals surface area (Å²) >= 11 is 0. The maximum atomic E-state index is 12.1. The maximum absolute atomic E-state index is 12.1. The Balaban J connectivity index is 4.50. The first-order chi connectivity index (χ1) is 11.6. The van der Waals surface area contributed by atoms with Crippen molar-refractivity contribution in [1.82, 2.24) is 21.3 Å². The molecule has 25 heavy (non-hydrogen) atoms. The van der Waals surface area contributed by atoms with E-state index in [9.17, 15) is 24.0 Å². The Morgan fingerprint density at radius 3 is 1.96 bits per heavy atom. The lowest BCUT2D eigenvalue weighted by molar-refractivity contribution is -0.138. The Bertz CT molecular complexity index is 508. The normalized spacial score (nSPS) is 11.4. The van der Waals surface area contributed by atoms with Crippen molar-refractivity contribution in [2.75, 3.05) is 26.2 Å². The van der Waals surface area contributed by atoms with E-state index in [1.807, 2.05) is 13.8 Å². The topological polar surface area (TPSA) is 180 Å². The Kier molecular flexibility index (Phi) is 10.5. The first kappa shape index (κ1) is 22.3. The lowest BCUT2D eigenvalue weighted by Crippen LogP contribution is -2.51. The first-order valence-electron chi connectivity index (χ1n) is 7.68. The van der Waals surface area contributed by atoms with Gasteiger partial charge >= 0.3 is 5.97 Å². The quantitative estimate of drug-likeness (QED) is 0.226. The molecule has 11 heteroatoms. The van der Waals surface area contributed by atoms with Gasteiger partial charge in [0.2, 0.25) is 23.6 Å². The number of carboxylic acid groups (broad SMARTS) is 1. The lowest BCUT2D eigenvalue weighted by atomic mass is 10.0. The van der Waals surface area contributed by atoms with Gasteiger partial charge in [-0.1, -0.05) is 13.8 Å². The first-order valence-corrected chi connectivity index (χ1v) is 7.68. The predicted molar refractivity (Wildman–Crippen MR) is 87.1 cm³/mol. The van der Waals surface area contributed by atoms with E-state index in [0.29, 0.717) is 6.42 Å². The second kappa shape index (κ2) is 11.8. The van der Waals surface area contributed by atoms with Crippen LogP contribution >= 0.6 is 0 Å². The van der Waals surface area contributed by atoms with Crippen molar-refractivity contribution >= 4 is 29.6 Å². The van der Waals surface area contributed by atoms with Gasteiger partial charge in [-0.05, 0) is 12.3 Å². The molecule has 142 valence electrons. The zero-order chi connectivity index (χ0) is 19.4. The summed E-state index contributed by atoms with van der Waals surface area (Å²) in [6.45, 7) is 2.15. The van der Waals surface area contributed by atoms with Crippen molar-refractivity contribution in [1.29, 1.82) is 0 Å². The lowest BCUT2D eigenvalue weighted by Gasteiger charge is -2.20. The zero-order valence-corrected chi connectivity index (χ0v) is 14.3. The van der Waals surface area contributed by atoms with E-state index >= 15 is 0 Å². The van der Waals surface area contributed by atoms with Gasteiger partial charge in [-0.3, -0.25) is 24.0 Å². The molecule has 0 radical (unpaired) electrons. The molecule has 4 amide bonds. The highest BCUT2D eigenvalue weighted by molar-refractivity contribution is 5.92. The van der Waals surface area contributed by atoms with Gasteiger partial charge in [-0.2, -0.15) is 0 Å². The molecule has 0 saturated heterocycles. The monoisotopic (exact) mass is 359 g/mol. The predicted octanol–water partition coefficient (Wildman–Crippen LogP) is -3.09. The number of hydrogen-bond acceptors (Lipinski definition) is 6. The van der Waals surface area contributed by atoms with E-state index in [4.69, 9.17) is 10.8 Å². The fourth-order valence-electron chi connectivity index (χ4n) is 1.73. The zero-order valence-electron chi connectivity index (χ0n) is 14.3. The van der Waals surface area contributed by atoms with Crippen molar-refractivity contribution in [3.8, 4) is 0 Å². The Labute approximate surface area is 145 Å². The highest BCUT2D eigenvalue weighted by atomic mass is 16.4. The minimum Gasteiger partial charge on any atom is -0.480 e. The molecule has 0 saturated carbocycles. The van der Waals surface area contributed by atoms with Crippen LogP contribution in [0.15, 0.2) is 0 Å². The Morgan fingerprint density at radius 2 is 1.44 bits per heavy atom. The summed E-state index contributed by atoms with van der Waals surface area (Å²) in [5.41, 5.74) is 5.10. The van der Waals surface area contributed by atoms with Gasteiger partial charge in [0, 0.05) is 0 Å². The second-order valence-corrected chi connectivity index (χ2v) is 5.62. The van der Waals surface area contributed by atoms with Crippen molar-refractivity contribution in [3.05, 3.63) is 0 Å². The summed E-state index contributed by atoms with van der Waals surface area (Å²) < 4.78 is 0. The number of carbonyl (C=O) groups excluding carboxylic acids is 4. The molecular weight excluding hydrogens is 334 g/mol. The standard InChI is InChI=1S/C14H25N5O6/c1-8(2)3-9(19-12(22)6-16-10(20)4-15)14(25)18-5-11(21)17-7-13(23)24/h8-9H,3-7,15H2,1-2H3,(H,16,20)(H,17,21)(H,18,25)(H,19,22)(H,23,24)/t9-/m0/s1. The molecule has 1 atom stereocenters. The molecule has 7 N–H and O–H groups in total. The molecule has 0 aromatic heterocycles. The van der Waals surface area contributed by atoms with Gasteiger partial charge in [0.25, 0.3) is 0 Å². The minimum absolute atomic E-state index is 0.0792. The molecule has 0 heterocycles. The van der Waals surface area contributed by atoms with E-state index in [2.05, 4.69) is 21.3 Å². The molecule has 11 nitrogen and oxygen atoms in total. The molecule has 0 aliphatic heterocycles. The molecule has 0 bridgehead atoms. The van der Waals surface area contributed by atoms with E-state index in [-0.39, 0.29) is 19.0 Å². The van der Waals surface area contributed by atoms with Crippen molar-refractivity contribution < 1.29 is 29.1 Å². The average molecular weight is 359 g/mol. The highest BCUT2D eigenvalue weighted by Crippen LogP contribution is 2.04. The second-order valence-electron chi connectivity index (χ2n) is 5.62. The summed E-state index contributed by atoms with van der Waals surface area (Å²) in [5, 5.41) is 17.6. The summed E-state index contributed by atoms with van der Waals surface area (Å²) in [5.74, 6) is -3.45. The van der Waals surface area contributed by atoms with E-state index in [1.165, 1.54) is 0 Å². The van der Waals surface area contributed by atoms with Crippen LogP contribution < -0.4 is 27.0 Å². The Hall–Kier alpha value is -2.69. The summed E-state index contributed by atoms with van der Waals surface area (Å²) in [4.78, 5) is 56.7. The fraction of sp³-hybridized carbons (Fsp3) is 0.643. The minimum atomic E-state index is -1.20. The third-order valence-corrected chi connectivity index (χ3v) is 2.85. The molecule has 0 aromatic carbocycles. The van der Waals surface area contributed by atoms with Gasteiger partial charge in [0.1, 0.15) is 12.6 Å². The molecule has 0 unspecified atom stereocenters. The summed E-state index contributed by atoms with van der Waals surface area (Å²) in [7, 11) is 0. The number of carboxylic acids is 1. The van der Waals surface area contributed by atoms with Crippen LogP contribution in [-0.4, -0.2) is 66.9 Å². The van der Waals surface area contributed by atoms with Gasteiger partial charge in [0.15, 0.2) is 0 Å². The van der Waals surface area contributed by atoms with Crippen LogP contribution in [0.4, 0.5) is 0 Å². The number of nitrogens with two attached hydrogens (primary N) is 1. The van der Waals surface area contributed by atoms with Crippen LogP contribution in [0.3, 0.4) is 0 Å². The van der Waals surface area contributed by atoms with Crippen LogP contribution in [0.2, 0.25) is 0 Å². The van der Waals surface area contributed by atoms with Crippen LogP contribution in [-0.2, 0) is 24.0 Å². The van der Waals surface area contributed by atoms with Crippen molar-refractivity contribution in [2.45, 2.75) is 26.3 Å².